The maximum atomic E-state index is 14.1. The van der Waals surface area contributed by atoms with Crippen molar-refractivity contribution >= 4 is 17.6 Å². The Hall–Kier alpha value is -3.61. The fraction of sp³-hybridized carbons (Fsp3) is 0.485. The van der Waals surface area contributed by atoms with E-state index in [0.29, 0.717) is 30.1 Å². The average Bonchev–Trinajstić information content (AvgIpc) is 3.38. The van der Waals surface area contributed by atoms with E-state index >= 15 is 0 Å². The van der Waals surface area contributed by atoms with Crippen LogP contribution in [0.25, 0.3) is 16.9 Å². The van der Waals surface area contributed by atoms with Gasteiger partial charge >= 0.3 is 0 Å². The molecular weight excluding hydrogens is 500 g/mol. The number of hydrogen-bond donors (Lipinski definition) is 1. The van der Waals surface area contributed by atoms with Crippen molar-refractivity contribution in [3.8, 4) is 22.7 Å². The van der Waals surface area contributed by atoms with Crippen molar-refractivity contribution in [2.45, 2.75) is 58.3 Å². The number of ether oxygens (including phenoxy) is 1. The average molecular weight is 541 g/mol. The standard InChI is InChI=1S/C33H40N4O3/c1-3-4-14-36(32(39)33-19-23-15-24(20-33)17-25(16-23)21-33)22-31(38)34-30-18-29(26-8-6-5-7-9-26)35-37(30)27-10-12-28(40-2)13-11-27/h5-13,18,23-25H,3-4,14-17,19-22H2,1-2H3,(H,34,38). The smallest absolute Gasteiger partial charge is 0.245 e. The zero-order valence-electron chi connectivity index (χ0n) is 23.6. The molecule has 0 spiro atoms. The predicted octanol–water partition coefficient (Wildman–Crippen LogP) is 6.33. The van der Waals surface area contributed by atoms with E-state index in [1.165, 1.54) is 19.3 Å². The summed E-state index contributed by atoms with van der Waals surface area (Å²) in [5.74, 6) is 3.41. The second-order valence-electron chi connectivity index (χ2n) is 12.2. The number of amides is 2. The van der Waals surface area contributed by atoms with Gasteiger partial charge in [0.2, 0.25) is 11.8 Å². The zero-order valence-corrected chi connectivity index (χ0v) is 23.6. The largest absolute Gasteiger partial charge is 0.497 e. The molecule has 0 unspecified atom stereocenters. The van der Waals surface area contributed by atoms with Gasteiger partial charge in [-0.2, -0.15) is 5.10 Å². The minimum Gasteiger partial charge on any atom is -0.497 e. The summed E-state index contributed by atoms with van der Waals surface area (Å²) in [5, 5.41) is 7.93. The number of aromatic nitrogens is 2. The van der Waals surface area contributed by atoms with Crippen molar-refractivity contribution in [2.24, 2.45) is 23.2 Å². The highest BCUT2D eigenvalue weighted by Gasteiger charge is 2.55. The molecule has 3 aromatic rings. The number of carbonyl (C=O) groups is 2. The predicted molar refractivity (Wildman–Crippen MR) is 156 cm³/mol. The first kappa shape index (κ1) is 26.6. The van der Waals surface area contributed by atoms with Crippen LogP contribution in [0.1, 0.15) is 58.3 Å². The van der Waals surface area contributed by atoms with Crippen LogP contribution in [0.4, 0.5) is 5.82 Å². The molecule has 7 nitrogen and oxygen atoms in total. The molecule has 4 fully saturated rings. The lowest BCUT2D eigenvalue weighted by Gasteiger charge is -2.56. The molecule has 1 N–H and O–H groups in total. The third-order valence-corrected chi connectivity index (χ3v) is 9.26. The Labute approximate surface area is 236 Å². The van der Waals surface area contributed by atoms with Crippen LogP contribution < -0.4 is 10.1 Å². The maximum absolute atomic E-state index is 14.1. The molecule has 4 aliphatic carbocycles. The van der Waals surface area contributed by atoms with E-state index in [4.69, 9.17) is 9.84 Å². The van der Waals surface area contributed by atoms with Crippen LogP contribution in [0.3, 0.4) is 0 Å². The van der Waals surface area contributed by atoms with Gasteiger partial charge in [-0.25, -0.2) is 4.68 Å². The van der Waals surface area contributed by atoms with Crippen LogP contribution in [0.5, 0.6) is 5.75 Å². The Bertz CT molecular complexity index is 1310. The van der Waals surface area contributed by atoms with E-state index in [0.717, 1.165) is 54.8 Å². The van der Waals surface area contributed by atoms with Gasteiger partial charge in [0.05, 0.1) is 30.5 Å². The second kappa shape index (κ2) is 11.1. The van der Waals surface area contributed by atoms with Crippen LogP contribution >= 0.6 is 0 Å². The van der Waals surface area contributed by atoms with E-state index in [2.05, 4.69) is 12.2 Å². The van der Waals surface area contributed by atoms with Crippen LogP contribution in [-0.2, 0) is 9.59 Å². The summed E-state index contributed by atoms with van der Waals surface area (Å²) in [4.78, 5) is 29.6. The van der Waals surface area contributed by atoms with Crippen molar-refractivity contribution in [2.75, 3.05) is 25.5 Å². The van der Waals surface area contributed by atoms with Crippen LogP contribution in [0, 0.1) is 23.2 Å². The van der Waals surface area contributed by atoms with E-state index in [1.807, 2.05) is 65.6 Å². The normalized spacial score (nSPS) is 24.6. The highest BCUT2D eigenvalue weighted by molar-refractivity contribution is 5.95. The van der Waals surface area contributed by atoms with Gasteiger partial charge in [-0.3, -0.25) is 9.59 Å². The number of carbonyl (C=O) groups excluding carboxylic acids is 2. The third-order valence-electron chi connectivity index (χ3n) is 9.26. The minimum absolute atomic E-state index is 0.0645. The van der Waals surface area contributed by atoms with Gasteiger partial charge < -0.3 is 15.0 Å². The Balaban J connectivity index is 1.24. The number of unbranched alkanes of at least 4 members (excludes halogenated alkanes) is 1. The van der Waals surface area contributed by atoms with Gasteiger partial charge in [-0.15, -0.1) is 0 Å². The van der Waals surface area contributed by atoms with Crippen LogP contribution in [0.2, 0.25) is 0 Å². The third kappa shape index (κ3) is 5.26. The van der Waals surface area contributed by atoms with Crippen molar-refractivity contribution in [3.05, 3.63) is 60.7 Å². The van der Waals surface area contributed by atoms with Gasteiger partial charge in [0.25, 0.3) is 0 Å². The maximum Gasteiger partial charge on any atom is 0.245 e. The molecule has 40 heavy (non-hydrogen) atoms. The number of benzene rings is 2. The molecular formula is C33H40N4O3. The number of anilines is 1. The highest BCUT2D eigenvalue weighted by Crippen LogP contribution is 2.60. The van der Waals surface area contributed by atoms with Gasteiger partial charge in [0, 0.05) is 18.2 Å². The first-order chi connectivity index (χ1) is 19.5. The van der Waals surface area contributed by atoms with Crippen molar-refractivity contribution in [1.82, 2.24) is 14.7 Å². The lowest BCUT2D eigenvalue weighted by Crippen LogP contribution is -2.55. The molecule has 0 radical (unpaired) electrons. The molecule has 2 amide bonds. The summed E-state index contributed by atoms with van der Waals surface area (Å²) in [6.45, 7) is 2.82. The molecule has 2 aromatic carbocycles. The highest BCUT2D eigenvalue weighted by atomic mass is 16.5. The molecule has 7 rings (SSSR count). The fourth-order valence-corrected chi connectivity index (χ4v) is 7.81. The van der Waals surface area contributed by atoms with Gasteiger partial charge in [-0.1, -0.05) is 43.7 Å². The SMILES string of the molecule is CCCCN(CC(=O)Nc1cc(-c2ccccc2)nn1-c1ccc(OC)cc1)C(=O)C12CC3CC(CC(C3)C1)C2. The first-order valence-corrected chi connectivity index (χ1v) is 14.9. The first-order valence-electron chi connectivity index (χ1n) is 14.9. The number of nitrogens with zero attached hydrogens (tertiary/aromatic N) is 3. The summed E-state index contributed by atoms with van der Waals surface area (Å²) in [6, 6.07) is 19.4. The minimum atomic E-state index is -0.256. The number of hydrogen-bond acceptors (Lipinski definition) is 4. The van der Waals surface area contributed by atoms with Crippen LogP contribution in [0.15, 0.2) is 60.7 Å². The summed E-state index contributed by atoms with van der Waals surface area (Å²) < 4.78 is 7.07. The van der Waals surface area contributed by atoms with E-state index in [9.17, 15) is 9.59 Å². The van der Waals surface area contributed by atoms with E-state index < -0.39 is 0 Å². The summed E-state index contributed by atoms with van der Waals surface area (Å²) in [7, 11) is 1.64. The molecule has 0 atom stereocenters. The Kier molecular flexibility index (Phi) is 7.39. The Morgan fingerprint density at radius 2 is 1.65 bits per heavy atom. The summed E-state index contributed by atoms with van der Waals surface area (Å²) >= 11 is 0. The number of methoxy groups -OCH3 is 1. The molecule has 4 saturated carbocycles. The molecule has 1 heterocycles. The lowest BCUT2D eigenvalue weighted by molar-refractivity contribution is -0.158. The molecule has 7 heteroatoms. The van der Waals surface area contributed by atoms with E-state index in [-0.39, 0.29) is 23.8 Å². The van der Waals surface area contributed by atoms with Crippen molar-refractivity contribution < 1.29 is 14.3 Å². The van der Waals surface area contributed by atoms with Gasteiger partial charge in [0.1, 0.15) is 11.6 Å². The zero-order chi connectivity index (χ0) is 27.7. The monoisotopic (exact) mass is 540 g/mol. The second-order valence-corrected chi connectivity index (χ2v) is 12.2. The topological polar surface area (TPSA) is 76.5 Å². The Morgan fingerprint density at radius 1 is 1.00 bits per heavy atom. The van der Waals surface area contributed by atoms with Crippen molar-refractivity contribution in [1.29, 1.82) is 0 Å². The van der Waals surface area contributed by atoms with Crippen molar-refractivity contribution in [3.63, 3.8) is 0 Å². The number of rotatable bonds is 10. The lowest BCUT2D eigenvalue weighted by atomic mass is 9.49. The number of nitrogens with one attached hydrogen (secondary N) is 1. The van der Waals surface area contributed by atoms with Crippen LogP contribution in [-0.4, -0.2) is 46.7 Å². The molecule has 4 bridgehead atoms. The molecule has 210 valence electrons. The quantitative estimate of drug-likeness (QED) is 0.326. The van der Waals surface area contributed by atoms with E-state index in [1.54, 1.807) is 11.8 Å². The van der Waals surface area contributed by atoms with Gasteiger partial charge in [-0.05, 0) is 87.0 Å². The molecule has 0 saturated heterocycles. The fourth-order valence-electron chi connectivity index (χ4n) is 7.81. The molecule has 1 aromatic heterocycles. The molecule has 4 aliphatic rings. The molecule has 0 aliphatic heterocycles. The summed E-state index contributed by atoms with van der Waals surface area (Å²) in [6.07, 6.45) is 8.78. The Morgan fingerprint density at radius 3 is 2.25 bits per heavy atom. The van der Waals surface area contributed by atoms with Gasteiger partial charge in [0.15, 0.2) is 0 Å². The summed E-state index contributed by atoms with van der Waals surface area (Å²) in [5.41, 5.74) is 2.28.